The van der Waals surface area contributed by atoms with E-state index in [1.165, 1.54) is 38.5 Å². The summed E-state index contributed by atoms with van der Waals surface area (Å²) in [7, 11) is 3.88. The number of hydrogen-bond donors (Lipinski definition) is 2. The fourth-order valence-electron chi connectivity index (χ4n) is 3.06. The number of likely N-dealkylation sites (N-methyl/N-ethyl adjacent to an activating group) is 1. The van der Waals surface area contributed by atoms with Gasteiger partial charge in [-0.2, -0.15) is 0 Å². The number of rotatable bonds is 6. The van der Waals surface area contributed by atoms with Gasteiger partial charge in [-0.3, -0.25) is 4.79 Å². The van der Waals surface area contributed by atoms with Crippen LogP contribution in [0.5, 0.6) is 0 Å². The van der Waals surface area contributed by atoms with Gasteiger partial charge in [0, 0.05) is 12.1 Å². The summed E-state index contributed by atoms with van der Waals surface area (Å²) < 4.78 is 0. The van der Waals surface area contributed by atoms with Crippen molar-refractivity contribution in [2.45, 2.75) is 76.4 Å². The molecule has 112 valence electrons. The predicted molar refractivity (Wildman–Crippen MR) is 78.4 cm³/mol. The molecule has 2 atom stereocenters. The van der Waals surface area contributed by atoms with Gasteiger partial charge >= 0.3 is 5.97 Å². The maximum absolute atomic E-state index is 11.4. The van der Waals surface area contributed by atoms with Crippen LogP contribution in [0.3, 0.4) is 0 Å². The van der Waals surface area contributed by atoms with Crippen LogP contribution in [0.25, 0.3) is 0 Å². The lowest BCUT2D eigenvalue weighted by Gasteiger charge is -2.37. The molecule has 0 spiro atoms. The van der Waals surface area contributed by atoms with Gasteiger partial charge < -0.3 is 15.3 Å². The van der Waals surface area contributed by atoms with E-state index < -0.39 is 11.5 Å². The van der Waals surface area contributed by atoms with Crippen LogP contribution in [-0.2, 0) is 4.79 Å². The van der Waals surface area contributed by atoms with Gasteiger partial charge in [-0.25, -0.2) is 0 Å². The van der Waals surface area contributed by atoms with Gasteiger partial charge in [0.2, 0.25) is 0 Å². The average Bonchev–Trinajstić information content (AvgIpc) is 2.66. The minimum atomic E-state index is -0.835. The molecule has 4 nitrogen and oxygen atoms in total. The minimum Gasteiger partial charge on any atom is -0.480 e. The van der Waals surface area contributed by atoms with Crippen LogP contribution in [-0.4, -0.2) is 47.7 Å². The first-order valence-electron chi connectivity index (χ1n) is 7.55. The molecule has 19 heavy (non-hydrogen) atoms. The van der Waals surface area contributed by atoms with Crippen LogP contribution in [0.4, 0.5) is 0 Å². The van der Waals surface area contributed by atoms with Gasteiger partial charge in [0.1, 0.15) is 5.54 Å². The summed E-state index contributed by atoms with van der Waals surface area (Å²) in [5.74, 6) is -0.767. The molecule has 1 rings (SSSR count). The first kappa shape index (κ1) is 16.4. The molecule has 1 saturated carbocycles. The Morgan fingerprint density at radius 3 is 2.32 bits per heavy atom. The van der Waals surface area contributed by atoms with Gasteiger partial charge in [0.25, 0.3) is 0 Å². The first-order chi connectivity index (χ1) is 8.90. The Kier molecular flexibility index (Phi) is 6.27. The molecule has 0 amide bonds. The lowest BCUT2D eigenvalue weighted by atomic mass is 9.92. The van der Waals surface area contributed by atoms with Crippen molar-refractivity contribution in [1.82, 2.24) is 10.2 Å². The molecule has 0 heterocycles. The van der Waals surface area contributed by atoms with E-state index in [0.29, 0.717) is 12.5 Å². The number of carboxylic acid groups (broad SMARTS) is 1. The van der Waals surface area contributed by atoms with E-state index in [1.807, 2.05) is 0 Å². The molecule has 2 N–H and O–H groups in total. The molecule has 1 aliphatic carbocycles. The topological polar surface area (TPSA) is 52.6 Å². The van der Waals surface area contributed by atoms with Crippen molar-refractivity contribution in [3.8, 4) is 0 Å². The predicted octanol–water partition coefficient (Wildman–Crippen LogP) is 2.48. The Bertz CT molecular complexity index is 288. The molecule has 0 saturated heterocycles. The number of nitrogens with one attached hydrogen (secondary N) is 1. The zero-order valence-corrected chi connectivity index (χ0v) is 12.9. The third-order valence-electron chi connectivity index (χ3n) is 4.82. The first-order valence-corrected chi connectivity index (χ1v) is 7.55. The number of carbonyl (C=O) groups is 1. The third-order valence-corrected chi connectivity index (χ3v) is 4.82. The molecular formula is C15H30N2O2. The van der Waals surface area contributed by atoms with Gasteiger partial charge in [-0.05, 0) is 47.2 Å². The Morgan fingerprint density at radius 1 is 1.37 bits per heavy atom. The van der Waals surface area contributed by atoms with Gasteiger partial charge in [-0.15, -0.1) is 0 Å². The van der Waals surface area contributed by atoms with Crippen LogP contribution >= 0.6 is 0 Å². The largest absolute Gasteiger partial charge is 0.480 e. The van der Waals surface area contributed by atoms with E-state index in [0.717, 1.165) is 0 Å². The van der Waals surface area contributed by atoms with E-state index >= 15 is 0 Å². The molecule has 2 unspecified atom stereocenters. The fourth-order valence-corrected chi connectivity index (χ4v) is 3.06. The van der Waals surface area contributed by atoms with Crippen LogP contribution < -0.4 is 5.32 Å². The Morgan fingerprint density at radius 2 is 1.89 bits per heavy atom. The van der Waals surface area contributed by atoms with Crippen LogP contribution in [0.1, 0.15) is 58.8 Å². The SMILES string of the molecule is CNC(C)(CC(C)N(C)C1CCCCCC1)C(=O)O. The van der Waals surface area contributed by atoms with E-state index in [-0.39, 0.29) is 6.04 Å². The highest BCUT2D eigenvalue weighted by Gasteiger charge is 2.35. The standard InChI is InChI=1S/C15H30N2O2/c1-12(11-15(2,16-3)14(18)19)17(4)13-9-7-5-6-8-10-13/h12-13,16H,5-11H2,1-4H3,(H,18,19). The molecule has 0 bridgehead atoms. The minimum absolute atomic E-state index is 0.275. The Balaban J connectivity index is 2.60. The second-order valence-corrected chi connectivity index (χ2v) is 6.25. The second-order valence-electron chi connectivity index (χ2n) is 6.25. The van der Waals surface area contributed by atoms with E-state index in [4.69, 9.17) is 0 Å². The molecule has 1 aliphatic rings. The van der Waals surface area contributed by atoms with E-state index in [2.05, 4.69) is 24.2 Å². The summed E-state index contributed by atoms with van der Waals surface area (Å²) in [5, 5.41) is 12.3. The zero-order valence-electron chi connectivity index (χ0n) is 12.9. The van der Waals surface area contributed by atoms with Gasteiger partial charge in [-0.1, -0.05) is 25.7 Å². The van der Waals surface area contributed by atoms with Crippen LogP contribution in [0, 0.1) is 0 Å². The van der Waals surface area contributed by atoms with Crippen LogP contribution in [0.15, 0.2) is 0 Å². The van der Waals surface area contributed by atoms with Gasteiger partial charge in [0.15, 0.2) is 0 Å². The summed E-state index contributed by atoms with van der Waals surface area (Å²) in [6, 6.07) is 0.893. The lowest BCUT2D eigenvalue weighted by molar-refractivity contribution is -0.144. The summed E-state index contributed by atoms with van der Waals surface area (Å²) in [6.07, 6.45) is 8.46. The molecule has 0 aromatic carbocycles. The fraction of sp³-hybridized carbons (Fsp3) is 0.933. The maximum atomic E-state index is 11.4. The normalized spacial score (nSPS) is 22.8. The number of aliphatic carboxylic acids is 1. The summed E-state index contributed by atoms with van der Waals surface area (Å²) in [4.78, 5) is 13.8. The van der Waals surface area contributed by atoms with E-state index in [1.54, 1.807) is 14.0 Å². The van der Waals surface area contributed by atoms with Crippen molar-refractivity contribution < 1.29 is 9.90 Å². The smallest absolute Gasteiger partial charge is 0.323 e. The van der Waals surface area contributed by atoms with Crippen molar-refractivity contribution in [2.75, 3.05) is 14.1 Å². The molecule has 0 aromatic rings. The number of nitrogens with zero attached hydrogens (tertiary/aromatic N) is 1. The van der Waals surface area contributed by atoms with Crippen molar-refractivity contribution in [3.05, 3.63) is 0 Å². The maximum Gasteiger partial charge on any atom is 0.323 e. The van der Waals surface area contributed by atoms with Crippen molar-refractivity contribution >= 4 is 5.97 Å². The zero-order chi connectivity index (χ0) is 14.5. The molecule has 0 aliphatic heterocycles. The van der Waals surface area contributed by atoms with Crippen LogP contribution in [0.2, 0.25) is 0 Å². The quantitative estimate of drug-likeness (QED) is 0.728. The third kappa shape index (κ3) is 4.46. The van der Waals surface area contributed by atoms with Gasteiger partial charge in [0.05, 0.1) is 0 Å². The number of carboxylic acids is 1. The monoisotopic (exact) mass is 270 g/mol. The summed E-state index contributed by atoms with van der Waals surface area (Å²) in [5.41, 5.74) is -0.835. The average molecular weight is 270 g/mol. The Labute approximate surface area is 117 Å². The molecular weight excluding hydrogens is 240 g/mol. The highest BCUT2D eigenvalue weighted by molar-refractivity contribution is 5.78. The summed E-state index contributed by atoms with van der Waals surface area (Å²) >= 11 is 0. The van der Waals surface area contributed by atoms with Crippen molar-refractivity contribution in [3.63, 3.8) is 0 Å². The Hall–Kier alpha value is -0.610. The molecule has 0 aromatic heterocycles. The molecule has 1 fully saturated rings. The van der Waals surface area contributed by atoms with Crippen molar-refractivity contribution in [2.24, 2.45) is 0 Å². The summed E-state index contributed by atoms with van der Waals surface area (Å²) in [6.45, 7) is 3.91. The molecule has 4 heteroatoms. The second kappa shape index (κ2) is 7.25. The lowest BCUT2D eigenvalue weighted by Crippen LogP contribution is -2.52. The highest BCUT2D eigenvalue weighted by atomic mass is 16.4. The number of hydrogen-bond acceptors (Lipinski definition) is 3. The van der Waals surface area contributed by atoms with Crippen molar-refractivity contribution in [1.29, 1.82) is 0 Å². The molecule has 0 radical (unpaired) electrons. The highest BCUT2D eigenvalue weighted by Crippen LogP contribution is 2.25. The van der Waals surface area contributed by atoms with E-state index in [9.17, 15) is 9.90 Å².